The van der Waals surface area contributed by atoms with Crippen LogP contribution in [0.1, 0.15) is 42.3 Å². The summed E-state index contributed by atoms with van der Waals surface area (Å²) in [5.41, 5.74) is 7.41. The van der Waals surface area contributed by atoms with Crippen molar-refractivity contribution in [3.8, 4) is 17.1 Å². The minimum Gasteiger partial charge on any atom is -0.488 e. The van der Waals surface area contributed by atoms with Crippen molar-refractivity contribution in [1.82, 2.24) is 15.4 Å². The molecule has 0 aliphatic rings. The summed E-state index contributed by atoms with van der Waals surface area (Å²) in [6.07, 6.45) is 0. The highest BCUT2D eigenvalue weighted by Gasteiger charge is 2.15. The zero-order valence-electron chi connectivity index (χ0n) is 18.2. The minimum absolute atomic E-state index is 0.115. The number of nitrogens with two attached hydrogens (primary N) is 1. The third kappa shape index (κ3) is 4.69. The molecule has 6 nitrogen and oxygen atoms in total. The van der Waals surface area contributed by atoms with E-state index in [9.17, 15) is 4.79 Å². The first-order valence-electron chi connectivity index (χ1n) is 10.3. The molecule has 4 rings (SSSR count). The molecule has 164 valence electrons. The van der Waals surface area contributed by atoms with Crippen LogP contribution in [0.2, 0.25) is 0 Å². The van der Waals surface area contributed by atoms with E-state index in [2.05, 4.69) is 76.4 Å². The Morgan fingerprint density at radius 2 is 1.84 bits per heavy atom. The lowest BCUT2D eigenvalue weighted by atomic mass is 9.87. The van der Waals surface area contributed by atoms with Crippen LogP contribution < -0.4 is 16.0 Å². The fourth-order valence-electron chi connectivity index (χ4n) is 3.44. The summed E-state index contributed by atoms with van der Waals surface area (Å²) in [5, 5.41) is 0. The van der Waals surface area contributed by atoms with Crippen LogP contribution in [0.4, 0.5) is 0 Å². The number of halogens is 1. The van der Waals surface area contributed by atoms with Crippen molar-refractivity contribution >= 4 is 32.9 Å². The summed E-state index contributed by atoms with van der Waals surface area (Å²) in [5.74, 6) is 6.26. The molecule has 0 radical (unpaired) electrons. The number of amides is 1. The average Bonchev–Trinajstić information content (AvgIpc) is 3.20. The number of ether oxygens (including phenoxy) is 1. The van der Waals surface area contributed by atoms with Crippen LogP contribution in [0, 0.1) is 0 Å². The van der Waals surface area contributed by atoms with Crippen LogP contribution in [-0.4, -0.2) is 15.9 Å². The van der Waals surface area contributed by atoms with Gasteiger partial charge in [-0.05, 0) is 52.9 Å². The van der Waals surface area contributed by atoms with Gasteiger partial charge in [0.05, 0.1) is 16.6 Å². The third-order valence-corrected chi connectivity index (χ3v) is 5.78. The average molecular weight is 493 g/mol. The molecule has 1 aromatic heterocycles. The highest BCUT2D eigenvalue weighted by molar-refractivity contribution is 9.10. The maximum atomic E-state index is 11.8. The molecule has 0 unspecified atom stereocenters. The van der Waals surface area contributed by atoms with E-state index in [1.807, 2.05) is 18.2 Å². The molecule has 3 aromatic carbocycles. The fraction of sp³-hybridized carbons (Fsp3) is 0.200. The van der Waals surface area contributed by atoms with E-state index >= 15 is 0 Å². The number of fused-ring (bicyclic) bond motifs is 1. The lowest BCUT2D eigenvalue weighted by Crippen LogP contribution is -2.29. The normalized spacial score (nSPS) is 11.5. The van der Waals surface area contributed by atoms with Crippen molar-refractivity contribution in [2.45, 2.75) is 32.8 Å². The van der Waals surface area contributed by atoms with Crippen LogP contribution in [0.5, 0.6) is 5.75 Å². The Balaban J connectivity index is 1.62. The largest absolute Gasteiger partial charge is 0.488 e. The molecular formula is C25H25BrN4O2. The van der Waals surface area contributed by atoms with Crippen LogP contribution in [-0.2, 0) is 12.0 Å². The molecule has 0 spiro atoms. The van der Waals surface area contributed by atoms with Gasteiger partial charge in [0, 0.05) is 10.0 Å². The van der Waals surface area contributed by atoms with Gasteiger partial charge in [0.25, 0.3) is 5.91 Å². The molecule has 32 heavy (non-hydrogen) atoms. The number of aromatic amines is 1. The Morgan fingerprint density at radius 1 is 1.09 bits per heavy atom. The Labute approximate surface area is 195 Å². The van der Waals surface area contributed by atoms with E-state index in [-0.39, 0.29) is 11.3 Å². The fourth-order valence-corrected chi connectivity index (χ4v) is 3.80. The molecular weight excluding hydrogens is 468 g/mol. The molecule has 1 amide bonds. The van der Waals surface area contributed by atoms with Crippen LogP contribution >= 0.6 is 15.9 Å². The maximum absolute atomic E-state index is 11.8. The van der Waals surface area contributed by atoms with E-state index in [1.165, 1.54) is 5.56 Å². The molecule has 7 heteroatoms. The second-order valence-corrected chi connectivity index (χ2v) is 9.58. The number of imidazole rings is 1. The zero-order valence-corrected chi connectivity index (χ0v) is 19.8. The Morgan fingerprint density at radius 3 is 2.53 bits per heavy atom. The lowest BCUT2D eigenvalue weighted by molar-refractivity contribution is 0.0954. The minimum atomic E-state index is -0.355. The SMILES string of the molecule is CC(C)(C)c1ccc(COc2ccc(Br)cc2-c2nc3ccc(C(=O)NN)cc3[nH]2)cc1. The first kappa shape index (κ1) is 22.0. The van der Waals surface area contributed by atoms with Crippen molar-refractivity contribution in [3.05, 3.63) is 81.8 Å². The molecule has 1 heterocycles. The van der Waals surface area contributed by atoms with E-state index in [0.717, 1.165) is 26.6 Å². The number of nitrogen functional groups attached to an aromatic ring is 1. The number of nitrogens with one attached hydrogen (secondary N) is 2. The topological polar surface area (TPSA) is 93.0 Å². The van der Waals surface area contributed by atoms with Crippen molar-refractivity contribution in [2.24, 2.45) is 5.84 Å². The van der Waals surface area contributed by atoms with Gasteiger partial charge < -0.3 is 9.72 Å². The van der Waals surface area contributed by atoms with Crippen molar-refractivity contribution in [3.63, 3.8) is 0 Å². The summed E-state index contributed by atoms with van der Waals surface area (Å²) in [6.45, 7) is 7.04. The highest BCUT2D eigenvalue weighted by Crippen LogP contribution is 2.33. The molecule has 0 saturated carbocycles. The molecule has 0 saturated heterocycles. The summed E-state index contributed by atoms with van der Waals surface area (Å²) in [7, 11) is 0. The van der Waals surface area contributed by atoms with Crippen LogP contribution in [0.25, 0.3) is 22.4 Å². The van der Waals surface area contributed by atoms with E-state index in [1.54, 1.807) is 18.2 Å². The predicted molar refractivity (Wildman–Crippen MR) is 130 cm³/mol. The van der Waals surface area contributed by atoms with Gasteiger partial charge in [0.1, 0.15) is 18.2 Å². The number of carbonyl (C=O) groups excluding carboxylic acids is 1. The molecule has 0 atom stereocenters. The first-order valence-corrected chi connectivity index (χ1v) is 11.1. The van der Waals surface area contributed by atoms with Crippen molar-refractivity contribution in [2.75, 3.05) is 0 Å². The second kappa shape index (κ2) is 8.76. The van der Waals surface area contributed by atoms with Crippen LogP contribution in [0.15, 0.2) is 65.1 Å². The Bertz CT molecular complexity index is 1270. The predicted octanol–water partition coefficient (Wildman–Crippen LogP) is 5.47. The molecule has 0 aliphatic carbocycles. The monoisotopic (exact) mass is 492 g/mol. The molecule has 0 fully saturated rings. The number of hydrazine groups is 1. The van der Waals surface area contributed by atoms with Gasteiger partial charge in [-0.2, -0.15) is 0 Å². The number of benzene rings is 3. The summed E-state index contributed by atoms with van der Waals surface area (Å²) in [4.78, 5) is 19.8. The first-order chi connectivity index (χ1) is 15.2. The molecule has 4 N–H and O–H groups in total. The van der Waals surface area contributed by atoms with E-state index in [4.69, 9.17) is 10.6 Å². The molecule has 4 aromatic rings. The standard InChI is InChI=1S/C25H25BrN4O2/c1-25(2,3)17-7-4-15(5-8-17)14-32-22-11-9-18(26)13-19(22)23-28-20-10-6-16(24(31)30-27)12-21(20)29-23/h4-13H,14,27H2,1-3H3,(H,28,29)(H,30,31). The van der Waals surface area contributed by atoms with Crippen LogP contribution in [0.3, 0.4) is 0 Å². The van der Waals surface area contributed by atoms with Gasteiger partial charge in [-0.1, -0.05) is 61.0 Å². The lowest BCUT2D eigenvalue weighted by Gasteiger charge is -2.19. The maximum Gasteiger partial charge on any atom is 0.265 e. The third-order valence-electron chi connectivity index (χ3n) is 5.29. The summed E-state index contributed by atoms with van der Waals surface area (Å²) >= 11 is 3.54. The van der Waals surface area contributed by atoms with E-state index in [0.29, 0.717) is 23.7 Å². The second-order valence-electron chi connectivity index (χ2n) is 8.67. The smallest absolute Gasteiger partial charge is 0.265 e. The summed E-state index contributed by atoms with van der Waals surface area (Å²) < 4.78 is 7.09. The van der Waals surface area contributed by atoms with Gasteiger partial charge in [0.15, 0.2) is 0 Å². The number of hydrogen-bond acceptors (Lipinski definition) is 4. The highest BCUT2D eigenvalue weighted by atomic mass is 79.9. The quantitative estimate of drug-likeness (QED) is 0.195. The molecule has 0 bridgehead atoms. The number of rotatable bonds is 5. The van der Waals surface area contributed by atoms with Crippen molar-refractivity contribution < 1.29 is 9.53 Å². The Kier molecular flexibility index (Phi) is 6.04. The molecule has 0 aliphatic heterocycles. The number of nitrogens with zero attached hydrogens (tertiary/aromatic N) is 1. The number of carbonyl (C=O) groups is 1. The van der Waals surface area contributed by atoms with E-state index < -0.39 is 0 Å². The number of hydrogen-bond donors (Lipinski definition) is 3. The Hall–Kier alpha value is -3.16. The van der Waals surface area contributed by atoms with Gasteiger partial charge >= 0.3 is 0 Å². The van der Waals surface area contributed by atoms with Gasteiger partial charge in [-0.25, -0.2) is 10.8 Å². The number of H-pyrrole nitrogens is 1. The van der Waals surface area contributed by atoms with Gasteiger partial charge in [0.2, 0.25) is 0 Å². The zero-order chi connectivity index (χ0) is 22.9. The number of aromatic nitrogens is 2. The summed E-state index contributed by atoms with van der Waals surface area (Å²) in [6, 6.07) is 19.5. The van der Waals surface area contributed by atoms with Gasteiger partial charge in [-0.3, -0.25) is 10.2 Å². The van der Waals surface area contributed by atoms with Crippen molar-refractivity contribution in [1.29, 1.82) is 0 Å². The van der Waals surface area contributed by atoms with Gasteiger partial charge in [-0.15, -0.1) is 0 Å².